The topological polar surface area (TPSA) is 61.8 Å². The highest BCUT2D eigenvalue weighted by molar-refractivity contribution is 7.26. The maximum Gasteiger partial charge on any atom is 0.573 e. The molecule has 0 bridgehead atoms. The van der Waals surface area contributed by atoms with E-state index in [9.17, 15) is 22.8 Å². The molecule has 0 aliphatic rings. The highest BCUT2D eigenvalue weighted by Crippen LogP contribution is 2.46. The quantitative estimate of drug-likeness (QED) is 0.0904. The number of rotatable bonds is 9. The van der Waals surface area contributed by atoms with Crippen molar-refractivity contribution in [3.63, 3.8) is 0 Å². The summed E-state index contributed by atoms with van der Waals surface area (Å²) in [6, 6.07) is 16.5. The predicted octanol–water partition coefficient (Wildman–Crippen LogP) is 8.15. The minimum Gasteiger partial charge on any atom is -0.462 e. The summed E-state index contributed by atoms with van der Waals surface area (Å²) in [5, 5.41) is 1.31. The molecule has 0 N–H and O–H groups in total. The van der Waals surface area contributed by atoms with Crippen molar-refractivity contribution < 1.29 is 37.0 Å². The zero-order valence-corrected chi connectivity index (χ0v) is 22.1. The number of hydrogen-bond acceptors (Lipinski definition) is 6. The van der Waals surface area contributed by atoms with Crippen molar-refractivity contribution >= 4 is 43.4 Å². The van der Waals surface area contributed by atoms with E-state index in [1.54, 1.807) is 13.0 Å². The van der Waals surface area contributed by atoms with Crippen molar-refractivity contribution in [3.8, 4) is 22.6 Å². The van der Waals surface area contributed by atoms with Gasteiger partial charge < -0.3 is 14.2 Å². The lowest BCUT2D eigenvalue weighted by Gasteiger charge is -2.14. The molecule has 4 aromatic rings. The first-order valence-corrected chi connectivity index (χ1v) is 12.8. The van der Waals surface area contributed by atoms with Crippen LogP contribution in [0.1, 0.15) is 25.8 Å². The maximum absolute atomic E-state index is 13.3. The van der Waals surface area contributed by atoms with Crippen molar-refractivity contribution in [1.82, 2.24) is 0 Å². The summed E-state index contributed by atoms with van der Waals surface area (Å²) in [7, 11) is 0. The molecule has 0 saturated carbocycles. The fourth-order valence-corrected chi connectivity index (χ4v) is 5.10. The van der Waals surface area contributed by atoms with E-state index in [0.29, 0.717) is 24.0 Å². The summed E-state index contributed by atoms with van der Waals surface area (Å²) in [6.07, 6.45) is -3.56. The van der Waals surface area contributed by atoms with Gasteiger partial charge in [-0.25, -0.2) is 9.59 Å². The first kappa shape index (κ1) is 27.9. The molecule has 0 radical (unpaired) electrons. The lowest BCUT2D eigenvalue weighted by molar-refractivity contribution is -0.274. The van der Waals surface area contributed by atoms with Crippen molar-refractivity contribution in [1.29, 1.82) is 0 Å². The number of halogens is 3. The standard InChI is InChI=1S/C30H25F3O5S/c1-17(2)28(34)36-15-5-6-19-7-9-20(10-8-19)21-11-12-22-23-13-14-24(37-29(35)18(3)4)26(38-30(31,32)33)27(23)39-25(22)16-21/h7-14,16H,1,3,5-6,15H2,2,4H3. The molecule has 39 heavy (non-hydrogen) atoms. The van der Waals surface area contributed by atoms with Crippen LogP contribution in [0, 0.1) is 0 Å². The summed E-state index contributed by atoms with van der Waals surface area (Å²) in [6.45, 7) is 10.3. The van der Waals surface area contributed by atoms with Crippen molar-refractivity contribution in [2.24, 2.45) is 0 Å². The van der Waals surface area contributed by atoms with Crippen LogP contribution in [-0.2, 0) is 20.7 Å². The number of alkyl halides is 3. The summed E-state index contributed by atoms with van der Waals surface area (Å²) in [5.74, 6) is -2.13. The molecule has 0 fully saturated rings. The van der Waals surface area contributed by atoms with Gasteiger partial charge in [0.1, 0.15) is 0 Å². The van der Waals surface area contributed by atoms with Crippen LogP contribution in [0.4, 0.5) is 13.2 Å². The van der Waals surface area contributed by atoms with Gasteiger partial charge in [-0.15, -0.1) is 24.5 Å². The molecule has 3 aromatic carbocycles. The van der Waals surface area contributed by atoms with E-state index < -0.39 is 24.1 Å². The average molecular weight is 555 g/mol. The van der Waals surface area contributed by atoms with Gasteiger partial charge >= 0.3 is 18.3 Å². The first-order chi connectivity index (χ1) is 18.4. The molecule has 0 aliphatic heterocycles. The number of carbonyl (C=O) groups excluding carboxylic acids is 2. The summed E-state index contributed by atoms with van der Waals surface area (Å²) in [5.41, 5.74) is 3.33. The van der Waals surface area contributed by atoms with Gasteiger partial charge in [-0.3, -0.25) is 0 Å². The van der Waals surface area contributed by atoms with Gasteiger partial charge in [0.25, 0.3) is 0 Å². The highest BCUT2D eigenvalue weighted by atomic mass is 32.1. The Hall–Kier alpha value is -4.11. The molecule has 0 aliphatic carbocycles. The highest BCUT2D eigenvalue weighted by Gasteiger charge is 2.34. The fourth-order valence-electron chi connectivity index (χ4n) is 3.88. The van der Waals surface area contributed by atoms with Crippen molar-refractivity contribution in [2.75, 3.05) is 6.61 Å². The number of aryl methyl sites for hydroxylation is 1. The Balaban J connectivity index is 1.61. The molecule has 4 rings (SSSR count). The van der Waals surface area contributed by atoms with Gasteiger partial charge in [-0.2, -0.15) is 0 Å². The van der Waals surface area contributed by atoms with Crippen LogP contribution >= 0.6 is 11.3 Å². The summed E-state index contributed by atoms with van der Waals surface area (Å²) < 4.78 is 55.4. The minimum atomic E-state index is -4.98. The normalized spacial score (nSPS) is 11.4. The molecule has 0 unspecified atom stereocenters. The van der Waals surface area contributed by atoms with Crippen LogP contribution in [0.25, 0.3) is 31.3 Å². The van der Waals surface area contributed by atoms with E-state index >= 15 is 0 Å². The van der Waals surface area contributed by atoms with E-state index in [1.165, 1.54) is 13.0 Å². The fraction of sp³-hybridized carbons (Fsp3) is 0.200. The molecule has 202 valence electrons. The molecule has 5 nitrogen and oxygen atoms in total. The number of fused-ring (bicyclic) bond motifs is 3. The molecule has 0 amide bonds. The van der Waals surface area contributed by atoms with Crippen LogP contribution in [0.3, 0.4) is 0 Å². The van der Waals surface area contributed by atoms with Crippen LogP contribution in [0.15, 0.2) is 78.9 Å². The second-order valence-corrected chi connectivity index (χ2v) is 10.1. The molecule has 0 spiro atoms. The Kier molecular flexibility index (Phi) is 8.11. The Morgan fingerprint density at radius 3 is 2.15 bits per heavy atom. The average Bonchev–Trinajstić information content (AvgIpc) is 3.25. The van der Waals surface area contributed by atoms with Gasteiger partial charge in [0.05, 0.1) is 11.3 Å². The van der Waals surface area contributed by atoms with Gasteiger partial charge in [0.15, 0.2) is 11.5 Å². The monoisotopic (exact) mass is 554 g/mol. The predicted molar refractivity (Wildman–Crippen MR) is 146 cm³/mol. The van der Waals surface area contributed by atoms with Crippen LogP contribution in [0.5, 0.6) is 11.5 Å². The number of benzene rings is 3. The molecular formula is C30H25F3O5S. The first-order valence-electron chi connectivity index (χ1n) is 12.0. The summed E-state index contributed by atoms with van der Waals surface area (Å²) in [4.78, 5) is 23.5. The Morgan fingerprint density at radius 1 is 0.872 bits per heavy atom. The summed E-state index contributed by atoms with van der Waals surface area (Å²) >= 11 is 1.12. The van der Waals surface area contributed by atoms with Gasteiger partial charge in [0, 0.05) is 26.6 Å². The third-order valence-electron chi connectivity index (χ3n) is 5.81. The number of ether oxygens (including phenoxy) is 3. The second kappa shape index (κ2) is 11.3. The van der Waals surface area contributed by atoms with Crippen LogP contribution < -0.4 is 9.47 Å². The molecule has 1 aromatic heterocycles. The van der Waals surface area contributed by atoms with Gasteiger partial charge in [0.2, 0.25) is 0 Å². The van der Waals surface area contributed by atoms with E-state index in [1.807, 2.05) is 42.5 Å². The van der Waals surface area contributed by atoms with E-state index in [4.69, 9.17) is 9.47 Å². The molecular weight excluding hydrogens is 529 g/mol. The Bertz CT molecular complexity index is 1580. The molecule has 9 heteroatoms. The van der Waals surface area contributed by atoms with E-state index in [2.05, 4.69) is 17.9 Å². The number of carbonyl (C=O) groups is 2. The van der Waals surface area contributed by atoms with Gasteiger partial charge in [-0.1, -0.05) is 49.6 Å². The van der Waals surface area contributed by atoms with Crippen LogP contribution in [0.2, 0.25) is 0 Å². The second-order valence-electron chi connectivity index (χ2n) is 9.02. The van der Waals surface area contributed by atoms with E-state index in [-0.39, 0.29) is 16.0 Å². The van der Waals surface area contributed by atoms with E-state index in [0.717, 1.165) is 44.5 Å². The number of hydrogen-bond donors (Lipinski definition) is 0. The lowest BCUT2D eigenvalue weighted by Crippen LogP contribution is -2.18. The molecule has 1 heterocycles. The third kappa shape index (κ3) is 6.67. The SMILES string of the molecule is C=C(C)C(=O)OCCCc1ccc(-c2ccc3c(c2)sc2c(OC(F)(F)F)c(OC(=O)C(=C)C)ccc23)cc1. The largest absolute Gasteiger partial charge is 0.573 e. The van der Waals surface area contributed by atoms with Gasteiger partial charge in [-0.05, 0) is 61.6 Å². The lowest BCUT2D eigenvalue weighted by atomic mass is 10.0. The smallest absolute Gasteiger partial charge is 0.462 e. The van der Waals surface area contributed by atoms with Crippen molar-refractivity contribution in [2.45, 2.75) is 33.1 Å². The maximum atomic E-state index is 13.3. The van der Waals surface area contributed by atoms with Crippen LogP contribution in [-0.4, -0.2) is 24.9 Å². The third-order valence-corrected chi connectivity index (χ3v) is 6.97. The Morgan fingerprint density at radius 2 is 1.51 bits per heavy atom. The number of thiophene rings is 1. The zero-order chi connectivity index (χ0) is 28.3. The number of esters is 2. The molecule has 0 saturated heterocycles. The zero-order valence-electron chi connectivity index (χ0n) is 21.3. The molecule has 0 atom stereocenters. The van der Waals surface area contributed by atoms with Crippen molar-refractivity contribution in [3.05, 3.63) is 84.5 Å². The minimum absolute atomic E-state index is 0.0475. The Labute approximate surface area is 227 Å².